The largest absolute Gasteiger partial charge is 0.491 e. The summed E-state index contributed by atoms with van der Waals surface area (Å²) in [7, 11) is 0. The van der Waals surface area contributed by atoms with Crippen molar-refractivity contribution in [3.8, 4) is 5.75 Å². The normalized spacial score (nSPS) is 9.36. The third-order valence-electron chi connectivity index (χ3n) is 1.49. The van der Waals surface area contributed by atoms with Crippen molar-refractivity contribution in [2.75, 3.05) is 6.61 Å². The third-order valence-corrected chi connectivity index (χ3v) is 1.49. The van der Waals surface area contributed by atoms with Gasteiger partial charge in [-0.3, -0.25) is 0 Å². The Morgan fingerprint density at radius 1 is 1.50 bits per heavy atom. The fraction of sp³-hybridized carbons (Fsp3) is 0.222. The van der Waals surface area contributed by atoms with Crippen molar-refractivity contribution in [1.82, 2.24) is 0 Å². The van der Waals surface area contributed by atoms with Crippen LogP contribution in [0.5, 0.6) is 5.75 Å². The maximum absolute atomic E-state index is 13.3. The molecular weight excluding hydrogens is 192 g/mol. The van der Waals surface area contributed by atoms with E-state index in [1.807, 2.05) is 0 Å². The molecule has 0 radical (unpaired) electrons. The quantitative estimate of drug-likeness (QED) is 0.553. The van der Waals surface area contributed by atoms with Crippen LogP contribution in [0.1, 0.15) is 6.92 Å². The molecule has 5 heteroatoms. The molecule has 0 aromatic heterocycles. The van der Waals surface area contributed by atoms with Gasteiger partial charge in [0.15, 0.2) is 23.1 Å². The van der Waals surface area contributed by atoms with Gasteiger partial charge in [-0.15, -0.1) is 0 Å². The van der Waals surface area contributed by atoms with Crippen molar-refractivity contribution in [2.45, 2.75) is 6.92 Å². The van der Waals surface area contributed by atoms with E-state index in [0.29, 0.717) is 0 Å². The van der Waals surface area contributed by atoms with Crippen LogP contribution in [0.2, 0.25) is 0 Å². The molecule has 0 bridgehead atoms. The van der Waals surface area contributed by atoms with Gasteiger partial charge < -0.3 is 4.74 Å². The average Bonchev–Trinajstić information content (AvgIpc) is 2.17. The van der Waals surface area contributed by atoms with Crippen LogP contribution >= 0.6 is 0 Å². The highest BCUT2D eigenvalue weighted by molar-refractivity contribution is 5.53. The number of hydrogen-bond acceptors (Lipinski definition) is 3. The highest BCUT2D eigenvalue weighted by atomic mass is 19.1. The first-order chi connectivity index (χ1) is 6.70. The number of nitrogens with zero attached hydrogens (tertiary/aromatic N) is 1. The number of hydrogen-bond donors (Lipinski definition) is 0. The van der Waals surface area contributed by atoms with Gasteiger partial charge in [0, 0.05) is 0 Å². The molecule has 14 heavy (non-hydrogen) atoms. The van der Waals surface area contributed by atoms with E-state index in [4.69, 9.17) is 4.74 Å². The standard InChI is InChI=1S/C9H7F2NO2/c1-2-14-7-4-3-6(10)9(8(7)11)12-5-13/h3-4H,2H2,1H3. The van der Waals surface area contributed by atoms with E-state index >= 15 is 0 Å². The minimum absolute atomic E-state index is 0.136. The lowest BCUT2D eigenvalue weighted by molar-refractivity contribution is 0.321. The zero-order chi connectivity index (χ0) is 10.6. The number of aliphatic imine (C=N–C) groups is 1. The molecule has 0 spiro atoms. The molecule has 0 unspecified atom stereocenters. The zero-order valence-electron chi connectivity index (χ0n) is 7.38. The molecule has 0 aliphatic rings. The Balaban J connectivity index is 3.25. The minimum Gasteiger partial charge on any atom is -0.491 e. The van der Waals surface area contributed by atoms with Crippen LogP contribution in [0.25, 0.3) is 0 Å². The molecule has 0 saturated carbocycles. The van der Waals surface area contributed by atoms with Crippen molar-refractivity contribution >= 4 is 11.8 Å². The molecule has 0 aliphatic heterocycles. The molecule has 3 nitrogen and oxygen atoms in total. The Kier molecular flexibility index (Phi) is 3.31. The average molecular weight is 199 g/mol. The second kappa shape index (κ2) is 4.48. The van der Waals surface area contributed by atoms with E-state index in [9.17, 15) is 13.6 Å². The van der Waals surface area contributed by atoms with Gasteiger partial charge in [-0.1, -0.05) is 0 Å². The van der Waals surface area contributed by atoms with Gasteiger partial charge in [0.2, 0.25) is 6.08 Å². The molecular formula is C9H7F2NO2. The molecule has 1 aromatic rings. The van der Waals surface area contributed by atoms with Crippen molar-refractivity contribution < 1.29 is 18.3 Å². The number of benzene rings is 1. The first kappa shape index (κ1) is 10.3. The summed E-state index contributed by atoms with van der Waals surface area (Å²) in [6, 6.07) is 2.11. The smallest absolute Gasteiger partial charge is 0.240 e. The van der Waals surface area contributed by atoms with Crippen LogP contribution in [0, 0.1) is 11.6 Å². The predicted molar refractivity (Wildman–Crippen MR) is 45.3 cm³/mol. The van der Waals surface area contributed by atoms with E-state index < -0.39 is 17.3 Å². The Hall–Kier alpha value is -1.74. The molecule has 0 atom stereocenters. The molecule has 0 fully saturated rings. The molecule has 0 amide bonds. The molecule has 0 saturated heterocycles. The number of carbonyl (C=O) groups excluding carboxylic acids is 1. The maximum atomic E-state index is 13.3. The molecule has 0 heterocycles. The second-order valence-corrected chi connectivity index (χ2v) is 2.34. The van der Waals surface area contributed by atoms with Gasteiger partial charge in [-0.2, -0.15) is 4.99 Å². The van der Waals surface area contributed by atoms with Crippen molar-refractivity contribution in [1.29, 1.82) is 0 Å². The fourth-order valence-electron chi connectivity index (χ4n) is 0.938. The Morgan fingerprint density at radius 2 is 2.21 bits per heavy atom. The molecule has 0 aliphatic carbocycles. The van der Waals surface area contributed by atoms with E-state index in [0.717, 1.165) is 18.2 Å². The lowest BCUT2D eigenvalue weighted by Crippen LogP contribution is -1.95. The van der Waals surface area contributed by atoms with Crippen molar-refractivity contribution in [3.05, 3.63) is 23.8 Å². The third kappa shape index (κ3) is 1.95. The molecule has 1 aromatic carbocycles. The summed E-state index contributed by atoms with van der Waals surface area (Å²) >= 11 is 0. The van der Waals surface area contributed by atoms with Gasteiger partial charge in [0.1, 0.15) is 0 Å². The van der Waals surface area contributed by atoms with Gasteiger partial charge >= 0.3 is 0 Å². The van der Waals surface area contributed by atoms with Crippen LogP contribution in [-0.2, 0) is 4.79 Å². The summed E-state index contributed by atoms with van der Waals surface area (Å²) in [4.78, 5) is 12.8. The van der Waals surface area contributed by atoms with E-state index in [2.05, 4.69) is 4.99 Å². The number of rotatable bonds is 3. The Labute approximate surface area is 79.0 Å². The number of ether oxygens (including phenoxy) is 1. The Bertz CT molecular complexity index is 387. The topological polar surface area (TPSA) is 38.7 Å². The summed E-state index contributed by atoms with van der Waals surface area (Å²) in [6.07, 6.45) is 1.07. The van der Waals surface area contributed by atoms with Crippen molar-refractivity contribution in [3.63, 3.8) is 0 Å². The number of halogens is 2. The van der Waals surface area contributed by atoms with Gasteiger partial charge in [-0.25, -0.2) is 13.6 Å². The van der Waals surface area contributed by atoms with E-state index in [1.165, 1.54) is 0 Å². The molecule has 0 N–H and O–H groups in total. The predicted octanol–water partition coefficient (Wildman–Crippen LogP) is 2.33. The van der Waals surface area contributed by atoms with E-state index in [-0.39, 0.29) is 12.4 Å². The minimum atomic E-state index is -0.991. The molecule has 74 valence electrons. The van der Waals surface area contributed by atoms with Crippen LogP contribution in [0.4, 0.5) is 14.5 Å². The van der Waals surface area contributed by atoms with Gasteiger partial charge in [0.05, 0.1) is 6.61 Å². The monoisotopic (exact) mass is 199 g/mol. The SMILES string of the molecule is CCOc1ccc(F)c(N=C=O)c1F. The van der Waals surface area contributed by atoms with Crippen LogP contribution < -0.4 is 4.74 Å². The number of isocyanates is 1. The summed E-state index contributed by atoms with van der Waals surface area (Å²) in [5, 5.41) is 0. The van der Waals surface area contributed by atoms with Crippen LogP contribution in [-0.4, -0.2) is 12.7 Å². The first-order valence-electron chi connectivity index (χ1n) is 3.89. The lowest BCUT2D eigenvalue weighted by Gasteiger charge is -2.05. The summed E-state index contributed by atoms with van der Waals surface area (Å²) in [5.41, 5.74) is -0.675. The van der Waals surface area contributed by atoms with Crippen LogP contribution in [0.15, 0.2) is 17.1 Å². The Morgan fingerprint density at radius 3 is 2.79 bits per heavy atom. The highest BCUT2D eigenvalue weighted by Crippen LogP contribution is 2.29. The van der Waals surface area contributed by atoms with Gasteiger partial charge in [-0.05, 0) is 19.1 Å². The van der Waals surface area contributed by atoms with Gasteiger partial charge in [0.25, 0.3) is 0 Å². The molecule has 1 rings (SSSR count). The fourth-order valence-corrected chi connectivity index (χ4v) is 0.938. The maximum Gasteiger partial charge on any atom is 0.240 e. The second-order valence-electron chi connectivity index (χ2n) is 2.34. The summed E-state index contributed by atoms with van der Waals surface area (Å²) in [6.45, 7) is 1.90. The van der Waals surface area contributed by atoms with Crippen molar-refractivity contribution in [2.24, 2.45) is 4.99 Å². The van der Waals surface area contributed by atoms with Crippen LogP contribution in [0.3, 0.4) is 0 Å². The lowest BCUT2D eigenvalue weighted by atomic mass is 10.2. The first-order valence-corrected chi connectivity index (χ1v) is 3.89. The summed E-state index contributed by atoms with van der Waals surface area (Å²) < 4.78 is 31.0. The highest BCUT2D eigenvalue weighted by Gasteiger charge is 2.13. The summed E-state index contributed by atoms with van der Waals surface area (Å²) in [5.74, 6) is -2.05. The van der Waals surface area contributed by atoms with E-state index in [1.54, 1.807) is 6.92 Å². The zero-order valence-corrected chi connectivity index (χ0v) is 7.38.